The van der Waals surface area contributed by atoms with Crippen LogP contribution in [0, 0.1) is 27.7 Å². The van der Waals surface area contributed by atoms with Gasteiger partial charge in [0.2, 0.25) is 0 Å². The van der Waals surface area contributed by atoms with Crippen molar-refractivity contribution in [2.75, 3.05) is 5.32 Å². The van der Waals surface area contributed by atoms with Crippen molar-refractivity contribution >= 4 is 17.7 Å². The normalized spacial score (nSPS) is 10.9. The average molecular weight is 252 g/mol. The fraction of sp³-hybridized carbons (Fsp3) is 0.235. The van der Waals surface area contributed by atoms with Gasteiger partial charge in [0.05, 0.1) is 12.0 Å². The third kappa shape index (κ3) is 3.44. The summed E-state index contributed by atoms with van der Waals surface area (Å²) in [4.78, 5) is 4.42. The van der Waals surface area contributed by atoms with E-state index in [4.69, 9.17) is 0 Å². The van der Waals surface area contributed by atoms with Crippen LogP contribution < -0.4 is 5.32 Å². The van der Waals surface area contributed by atoms with Crippen LogP contribution in [0.4, 0.5) is 11.4 Å². The minimum absolute atomic E-state index is 0.972. The van der Waals surface area contributed by atoms with Gasteiger partial charge < -0.3 is 5.32 Å². The molecule has 0 aromatic heterocycles. The third-order valence-electron chi connectivity index (χ3n) is 3.44. The predicted molar refractivity (Wildman–Crippen MR) is 83.6 cm³/mol. The molecule has 19 heavy (non-hydrogen) atoms. The van der Waals surface area contributed by atoms with Gasteiger partial charge in [-0.25, -0.2) is 4.99 Å². The molecule has 1 N–H and O–H groups in total. The Morgan fingerprint density at radius 2 is 1.42 bits per heavy atom. The number of benzene rings is 2. The summed E-state index contributed by atoms with van der Waals surface area (Å²) in [6, 6.07) is 12.5. The second-order valence-corrected chi connectivity index (χ2v) is 4.97. The lowest BCUT2D eigenvalue weighted by Gasteiger charge is -2.04. The number of nitrogens with zero attached hydrogens (tertiary/aromatic N) is 1. The second-order valence-electron chi connectivity index (χ2n) is 4.97. The maximum absolute atomic E-state index is 4.42. The fourth-order valence-electron chi connectivity index (χ4n) is 1.82. The van der Waals surface area contributed by atoms with Gasteiger partial charge in [-0.15, -0.1) is 0 Å². The molecule has 2 rings (SSSR count). The molecular weight excluding hydrogens is 232 g/mol. The largest absolute Gasteiger partial charge is 0.346 e. The van der Waals surface area contributed by atoms with Gasteiger partial charge in [0.25, 0.3) is 0 Å². The molecule has 0 amide bonds. The minimum atomic E-state index is 0.972. The van der Waals surface area contributed by atoms with Gasteiger partial charge in [-0.05, 0) is 74.2 Å². The highest BCUT2D eigenvalue weighted by Gasteiger charge is 1.95. The van der Waals surface area contributed by atoms with Crippen LogP contribution in [-0.4, -0.2) is 6.34 Å². The van der Waals surface area contributed by atoms with Crippen LogP contribution in [0.15, 0.2) is 41.4 Å². The van der Waals surface area contributed by atoms with Gasteiger partial charge in [-0.3, -0.25) is 0 Å². The van der Waals surface area contributed by atoms with E-state index in [0.717, 1.165) is 11.4 Å². The first-order valence-corrected chi connectivity index (χ1v) is 6.50. The molecule has 0 saturated carbocycles. The van der Waals surface area contributed by atoms with Gasteiger partial charge in [-0.2, -0.15) is 0 Å². The van der Waals surface area contributed by atoms with Gasteiger partial charge in [-0.1, -0.05) is 12.1 Å². The molecule has 0 fully saturated rings. The van der Waals surface area contributed by atoms with Gasteiger partial charge in [0.15, 0.2) is 0 Å². The lowest BCUT2D eigenvalue weighted by atomic mass is 10.1. The standard InChI is InChI=1S/C17H20N2/c1-12-5-7-16(9-14(12)3)18-11-19-17-8-6-13(2)15(4)10-17/h5-11H,1-4H3,(H,18,19). The molecule has 2 aromatic carbocycles. The van der Waals surface area contributed by atoms with E-state index in [1.165, 1.54) is 22.3 Å². The fourth-order valence-corrected chi connectivity index (χ4v) is 1.82. The zero-order valence-electron chi connectivity index (χ0n) is 12.0. The first-order valence-electron chi connectivity index (χ1n) is 6.50. The van der Waals surface area contributed by atoms with E-state index in [0.29, 0.717) is 0 Å². The molecule has 98 valence electrons. The number of aryl methyl sites for hydroxylation is 4. The smallest absolute Gasteiger partial charge is 0.0930 e. The first kappa shape index (κ1) is 13.3. The summed E-state index contributed by atoms with van der Waals surface area (Å²) in [5.41, 5.74) is 7.18. The van der Waals surface area contributed by atoms with Gasteiger partial charge >= 0.3 is 0 Å². The zero-order valence-corrected chi connectivity index (χ0v) is 12.0. The van der Waals surface area contributed by atoms with Crippen LogP contribution in [0.2, 0.25) is 0 Å². The van der Waals surface area contributed by atoms with E-state index in [9.17, 15) is 0 Å². The predicted octanol–water partition coefficient (Wildman–Crippen LogP) is 4.69. The Kier molecular flexibility index (Phi) is 4.00. The van der Waals surface area contributed by atoms with Crippen molar-refractivity contribution in [2.45, 2.75) is 27.7 Å². The van der Waals surface area contributed by atoms with Crippen LogP contribution >= 0.6 is 0 Å². The molecule has 0 radical (unpaired) electrons. The van der Waals surface area contributed by atoms with Crippen LogP contribution in [0.25, 0.3) is 0 Å². The number of rotatable bonds is 3. The SMILES string of the molecule is Cc1ccc(N=CNc2ccc(C)c(C)c2)cc1C. The zero-order chi connectivity index (χ0) is 13.8. The van der Waals surface area contributed by atoms with Crippen LogP contribution in [0.5, 0.6) is 0 Å². The van der Waals surface area contributed by atoms with E-state index in [2.05, 4.69) is 68.3 Å². The Morgan fingerprint density at radius 1 is 0.789 bits per heavy atom. The van der Waals surface area contributed by atoms with Crippen molar-refractivity contribution in [1.29, 1.82) is 0 Å². The Morgan fingerprint density at radius 3 is 2.05 bits per heavy atom. The lowest BCUT2D eigenvalue weighted by molar-refractivity contribution is 1.32. The molecule has 0 bridgehead atoms. The van der Waals surface area contributed by atoms with E-state index in [1.807, 2.05) is 6.07 Å². The van der Waals surface area contributed by atoms with Crippen LogP contribution in [0.1, 0.15) is 22.3 Å². The van der Waals surface area contributed by atoms with Crippen molar-refractivity contribution < 1.29 is 0 Å². The third-order valence-corrected chi connectivity index (χ3v) is 3.44. The summed E-state index contributed by atoms with van der Waals surface area (Å²) < 4.78 is 0. The van der Waals surface area contributed by atoms with E-state index < -0.39 is 0 Å². The highest BCUT2D eigenvalue weighted by Crippen LogP contribution is 2.17. The average Bonchev–Trinajstić information content (AvgIpc) is 2.38. The summed E-state index contributed by atoms with van der Waals surface area (Å²) in [5, 5.41) is 3.20. The van der Waals surface area contributed by atoms with E-state index >= 15 is 0 Å². The van der Waals surface area contributed by atoms with Crippen molar-refractivity contribution in [3.63, 3.8) is 0 Å². The summed E-state index contributed by atoms with van der Waals surface area (Å²) in [6.07, 6.45) is 1.74. The van der Waals surface area contributed by atoms with Gasteiger partial charge in [0, 0.05) is 5.69 Å². The molecule has 0 unspecified atom stereocenters. The Labute approximate surface area is 115 Å². The quantitative estimate of drug-likeness (QED) is 0.622. The van der Waals surface area contributed by atoms with Crippen LogP contribution in [-0.2, 0) is 0 Å². The van der Waals surface area contributed by atoms with Crippen molar-refractivity contribution in [3.8, 4) is 0 Å². The molecule has 0 aliphatic heterocycles. The number of hydrogen-bond donors (Lipinski definition) is 1. The molecule has 2 aromatic rings. The molecule has 0 spiro atoms. The molecule has 0 aliphatic rings. The topological polar surface area (TPSA) is 24.4 Å². The summed E-state index contributed by atoms with van der Waals surface area (Å²) >= 11 is 0. The Bertz CT molecular complexity index is 613. The van der Waals surface area contributed by atoms with Crippen molar-refractivity contribution in [2.24, 2.45) is 4.99 Å². The number of anilines is 1. The van der Waals surface area contributed by atoms with Crippen molar-refractivity contribution in [3.05, 3.63) is 58.7 Å². The lowest BCUT2D eigenvalue weighted by Crippen LogP contribution is -1.95. The molecule has 2 nitrogen and oxygen atoms in total. The maximum Gasteiger partial charge on any atom is 0.0930 e. The number of hydrogen-bond acceptors (Lipinski definition) is 1. The van der Waals surface area contributed by atoms with E-state index in [-0.39, 0.29) is 0 Å². The minimum Gasteiger partial charge on any atom is -0.346 e. The first-order chi connectivity index (χ1) is 9.06. The summed E-state index contributed by atoms with van der Waals surface area (Å²) in [5.74, 6) is 0. The number of nitrogens with one attached hydrogen (secondary N) is 1. The monoisotopic (exact) mass is 252 g/mol. The second kappa shape index (κ2) is 5.70. The van der Waals surface area contributed by atoms with E-state index in [1.54, 1.807) is 6.34 Å². The maximum atomic E-state index is 4.42. The molecule has 0 aliphatic carbocycles. The molecule has 0 heterocycles. The van der Waals surface area contributed by atoms with Crippen LogP contribution in [0.3, 0.4) is 0 Å². The number of aliphatic imine (C=N–C) groups is 1. The molecular formula is C17H20N2. The molecule has 0 atom stereocenters. The highest BCUT2D eigenvalue weighted by molar-refractivity contribution is 5.78. The van der Waals surface area contributed by atoms with Gasteiger partial charge in [0.1, 0.15) is 0 Å². The Hall–Kier alpha value is -2.09. The van der Waals surface area contributed by atoms with Crippen molar-refractivity contribution in [1.82, 2.24) is 0 Å². The summed E-state index contributed by atoms with van der Waals surface area (Å²) in [6.45, 7) is 8.44. The molecule has 0 saturated heterocycles. The highest BCUT2D eigenvalue weighted by atomic mass is 14.9. The molecule has 2 heteroatoms. The Balaban J connectivity index is 2.06. The summed E-state index contributed by atoms with van der Waals surface area (Å²) in [7, 11) is 0.